The Balaban J connectivity index is 1.86. The Labute approximate surface area is 126 Å². The summed E-state index contributed by atoms with van der Waals surface area (Å²) < 4.78 is 13.4. The largest absolute Gasteiger partial charge is 0.382 e. The molecule has 2 aromatic rings. The number of carbonyl (C=O) groups excluding carboxylic acids is 1. The average molecular weight is 303 g/mol. The molecule has 0 saturated carbocycles. The minimum atomic E-state index is -0.555. The van der Waals surface area contributed by atoms with Gasteiger partial charge in [0.2, 0.25) is 0 Å². The first kappa shape index (κ1) is 15.0. The van der Waals surface area contributed by atoms with Crippen LogP contribution in [0.5, 0.6) is 0 Å². The fourth-order valence-corrected chi connectivity index (χ4v) is 2.69. The van der Waals surface area contributed by atoms with Crippen molar-refractivity contribution in [2.75, 3.05) is 18.4 Å². The maximum atomic E-state index is 13.4. The van der Waals surface area contributed by atoms with E-state index in [0.717, 1.165) is 5.56 Å². The molecule has 0 aliphatic heterocycles. The highest BCUT2D eigenvalue weighted by molar-refractivity contribution is 7.12. The van der Waals surface area contributed by atoms with Crippen molar-refractivity contribution in [1.29, 1.82) is 5.26 Å². The summed E-state index contributed by atoms with van der Waals surface area (Å²) in [5, 5.41) is 16.5. The van der Waals surface area contributed by atoms with Crippen LogP contribution in [0.15, 0.2) is 29.6 Å². The summed E-state index contributed by atoms with van der Waals surface area (Å²) in [6.45, 7) is 2.68. The van der Waals surface area contributed by atoms with E-state index in [-0.39, 0.29) is 11.5 Å². The van der Waals surface area contributed by atoms with E-state index < -0.39 is 5.82 Å². The van der Waals surface area contributed by atoms with Gasteiger partial charge in [-0.15, -0.1) is 11.3 Å². The van der Waals surface area contributed by atoms with E-state index in [9.17, 15) is 9.18 Å². The SMILES string of the molecule is Cc1ccsc1C(=O)NCCNc1cccc(F)c1C#N. The molecule has 108 valence electrons. The molecule has 1 amide bonds. The Morgan fingerprint density at radius 1 is 1.38 bits per heavy atom. The highest BCUT2D eigenvalue weighted by Gasteiger charge is 2.10. The fraction of sp³-hybridized carbons (Fsp3) is 0.200. The number of rotatable bonds is 5. The van der Waals surface area contributed by atoms with E-state index in [4.69, 9.17) is 5.26 Å². The van der Waals surface area contributed by atoms with Crippen LogP contribution < -0.4 is 10.6 Å². The maximum absolute atomic E-state index is 13.4. The van der Waals surface area contributed by atoms with Crippen LogP contribution in [0, 0.1) is 24.1 Å². The van der Waals surface area contributed by atoms with E-state index in [0.29, 0.717) is 23.7 Å². The minimum absolute atomic E-state index is 0.0158. The summed E-state index contributed by atoms with van der Waals surface area (Å²) in [4.78, 5) is 12.6. The van der Waals surface area contributed by atoms with Crippen molar-refractivity contribution in [3.63, 3.8) is 0 Å². The zero-order chi connectivity index (χ0) is 15.2. The lowest BCUT2D eigenvalue weighted by molar-refractivity contribution is 0.0958. The number of benzene rings is 1. The lowest BCUT2D eigenvalue weighted by atomic mass is 10.2. The van der Waals surface area contributed by atoms with E-state index in [1.165, 1.54) is 23.5 Å². The highest BCUT2D eigenvalue weighted by atomic mass is 32.1. The molecule has 1 aromatic heterocycles. The Bertz CT molecular complexity index is 690. The third kappa shape index (κ3) is 3.58. The third-order valence-electron chi connectivity index (χ3n) is 2.92. The number of carbonyl (C=O) groups is 1. The molecule has 1 aromatic carbocycles. The van der Waals surface area contributed by atoms with Crippen molar-refractivity contribution < 1.29 is 9.18 Å². The number of anilines is 1. The Hall–Kier alpha value is -2.39. The van der Waals surface area contributed by atoms with Crippen LogP contribution in [0.25, 0.3) is 0 Å². The summed E-state index contributed by atoms with van der Waals surface area (Å²) >= 11 is 1.39. The van der Waals surface area contributed by atoms with Gasteiger partial charge in [-0.3, -0.25) is 4.79 Å². The molecule has 6 heteroatoms. The van der Waals surface area contributed by atoms with Crippen molar-refractivity contribution in [2.24, 2.45) is 0 Å². The molecule has 0 aliphatic rings. The number of thiophene rings is 1. The molecule has 2 rings (SSSR count). The second-order valence-electron chi connectivity index (χ2n) is 4.39. The van der Waals surface area contributed by atoms with Crippen molar-refractivity contribution in [2.45, 2.75) is 6.92 Å². The maximum Gasteiger partial charge on any atom is 0.261 e. The van der Waals surface area contributed by atoms with E-state index in [1.54, 1.807) is 6.07 Å². The molecule has 0 atom stereocenters. The van der Waals surface area contributed by atoms with Crippen molar-refractivity contribution in [1.82, 2.24) is 5.32 Å². The highest BCUT2D eigenvalue weighted by Crippen LogP contribution is 2.17. The fourth-order valence-electron chi connectivity index (χ4n) is 1.84. The van der Waals surface area contributed by atoms with E-state index in [1.807, 2.05) is 24.4 Å². The molecule has 4 nitrogen and oxygen atoms in total. The number of nitriles is 1. The van der Waals surface area contributed by atoms with Gasteiger partial charge in [-0.2, -0.15) is 5.26 Å². The standard InChI is InChI=1S/C15H14FN3OS/c1-10-5-8-21-14(10)15(20)19-7-6-18-13-4-2-3-12(16)11(13)9-17/h2-5,8,18H,6-7H2,1H3,(H,19,20). The van der Waals surface area contributed by atoms with Gasteiger partial charge in [-0.05, 0) is 36.1 Å². The van der Waals surface area contributed by atoms with Gasteiger partial charge in [0.1, 0.15) is 17.4 Å². The molecule has 0 spiro atoms. The summed E-state index contributed by atoms with van der Waals surface area (Å²) in [7, 11) is 0. The topological polar surface area (TPSA) is 64.9 Å². The number of aryl methyl sites for hydroxylation is 1. The smallest absolute Gasteiger partial charge is 0.261 e. The number of halogens is 1. The molecule has 0 unspecified atom stereocenters. The van der Waals surface area contributed by atoms with E-state index in [2.05, 4.69) is 10.6 Å². The van der Waals surface area contributed by atoms with Crippen molar-refractivity contribution in [3.8, 4) is 6.07 Å². The average Bonchev–Trinajstić information content (AvgIpc) is 2.90. The zero-order valence-corrected chi connectivity index (χ0v) is 12.3. The molecule has 1 heterocycles. The van der Waals surface area contributed by atoms with E-state index >= 15 is 0 Å². The summed E-state index contributed by atoms with van der Waals surface area (Å²) in [6, 6.07) is 8.12. The number of hydrogen-bond acceptors (Lipinski definition) is 4. The molecule has 21 heavy (non-hydrogen) atoms. The predicted octanol–water partition coefficient (Wildman–Crippen LogP) is 2.91. The van der Waals surface area contributed by atoms with Gasteiger partial charge in [0.05, 0.1) is 10.6 Å². The third-order valence-corrected chi connectivity index (χ3v) is 3.93. The van der Waals surface area contributed by atoms with Crippen LogP contribution in [0.4, 0.5) is 10.1 Å². The van der Waals surface area contributed by atoms with Gasteiger partial charge in [0.15, 0.2) is 0 Å². The first-order chi connectivity index (χ1) is 10.1. The van der Waals surface area contributed by atoms with Gasteiger partial charge in [-0.1, -0.05) is 6.07 Å². The molecule has 0 bridgehead atoms. The van der Waals surface area contributed by atoms with Gasteiger partial charge >= 0.3 is 0 Å². The summed E-state index contributed by atoms with van der Waals surface area (Å²) in [5.74, 6) is -0.676. The first-order valence-corrected chi connectivity index (χ1v) is 7.26. The van der Waals surface area contributed by atoms with Crippen molar-refractivity contribution in [3.05, 3.63) is 51.5 Å². The van der Waals surface area contributed by atoms with Gasteiger partial charge in [0, 0.05) is 13.1 Å². The molecular weight excluding hydrogens is 289 g/mol. The van der Waals surface area contributed by atoms with Crippen LogP contribution >= 0.6 is 11.3 Å². The van der Waals surface area contributed by atoms with Crippen LogP contribution in [-0.4, -0.2) is 19.0 Å². The molecule has 0 radical (unpaired) electrons. The predicted molar refractivity (Wildman–Crippen MR) is 81.0 cm³/mol. The van der Waals surface area contributed by atoms with Crippen LogP contribution in [-0.2, 0) is 0 Å². The van der Waals surface area contributed by atoms with Crippen molar-refractivity contribution >= 4 is 22.9 Å². The summed E-state index contributed by atoms with van der Waals surface area (Å²) in [6.07, 6.45) is 0. The Morgan fingerprint density at radius 3 is 2.86 bits per heavy atom. The molecule has 0 aliphatic carbocycles. The zero-order valence-electron chi connectivity index (χ0n) is 11.4. The second kappa shape index (κ2) is 6.86. The quantitative estimate of drug-likeness (QED) is 0.835. The molecule has 0 saturated heterocycles. The minimum Gasteiger partial charge on any atom is -0.382 e. The number of amides is 1. The molecule has 2 N–H and O–H groups in total. The van der Waals surface area contributed by atoms with Crippen LogP contribution in [0.3, 0.4) is 0 Å². The number of nitrogens with one attached hydrogen (secondary N) is 2. The monoisotopic (exact) mass is 303 g/mol. The first-order valence-electron chi connectivity index (χ1n) is 6.38. The Morgan fingerprint density at radius 2 is 2.19 bits per heavy atom. The lowest BCUT2D eigenvalue weighted by Crippen LogP contribution is -2.28. The van der Waals surface area contributed by atoms with Crippen LogP contribution in [0.1, 0.15) is 20.8 Å². The van der Waals surface area contributed by atoms with Gasteiger partial charge < -0.3 is 10.6 Å². The summed E-state index contributed by atoms with van der Waals surface area (Å²) in [5.41, 5.74) is 1.36. The molecular formula is C15H14FN3OS. The number of nitrogens with zero attached hydrogens (tertiary/aromatic N) is 1. The van der Waals surface area contributed by atoms with Gasteiger partial charge in [-0.25, -0.2) is 4.39 Å². The Kier molecular flexibility index (Phi) is 4.90. The second-order valence-corrected chi connectivity index (χ2v) is 5.31. The normalized spacial score (nSPS) is 9.95. The van der Waals surface area contributed by atoms with Crippen LogP contribution in [0.2, 0.25) is 0 Å². The number of hydrogen-bond donors (Lipinski definition) is 2. The van der Waals surface area contributed by atoms with Gasteiger partial charge in [0.25, 0.3) is 5.91 Å². The lowest BCUT2D eigenvalue weighted by Gasteiger charge is -2.09. The molecule has 0 fully saturated rings.